The first kappa shape index (κ1) is 33.0. The normalized spacial score (nSPS) is 28.1. The van der Waals surface area contributed by atoms with Gasteiger partial charge in [0.2, 0.25) is 23.6 Å². The van der Waals surface area contributed by atoms with E-state index in [0.717, 1.165) is 16.3 Å². The highest BCUT2D eigenvalue weighted by Gasteiger charge is 2.54. The molecule has 7 atom stereocenters. The number of aliphatic hydroxyl groups excluding tert-OH is 1. The summed E-state index contributed by atoms with van der Waals surface area (Å²) in [6, 6.07) is -1.08. The number of esters is 1. The summed E-state index contributed by atoms with van der Waals surface area (Å²) in [4.78, 5) is 50.2. The lowest BCUT2D eigenvalue weighted by Gasteiger charge is -2.27. The number of hydrogen-bond donors (Lipinski definition) is 4. The van der Waals surface area contributed by atoms with Gasteiger partial charge in [-0.2, -0.15) is 9.97 Å². The van der Waals surface area contributed by atoms with Gasteiger partial charge in [0, 0.05) is 19.2 Å². The molecule has 5 N–H and O–H groups in total. The van der Waals surface area contributed by atoms with Gasteiger partial charge in [0.15, 0.2) is 17.4 Å². The summed E-state index contributed by atoms with van der Waals surface area (Å²) in [6.07, 6.45) is -3.16. The number of rotatable bonds is 12. The minimum atomic E-state index is -4.01. The van der Waals surface area contributed by atoms with Gasteiger partial charge in [-0.15, -0.1) is 0 Å². The third-order valence-electron chi connectivity index (χ3n) is 6.99. The van der Waals surface area contributed by atoms with E-state index in [1.807, 2.05) is 0 Å². The van der Waals surface area contributed by atoms with Crippen LogP contribution < -0.4 is 15.6 Å². The van der Waals surface area contributed by atoms with E-state index in [1.54, 1.807) is 13.8 Å². The Morgan fingerprint density at radius 1 is 1.35 bits per heavy atom. The standard InChI is InChI=1S/C24H36N7O10PS/c1-11(2)40-21(35)12(3)29-42(37,43-9-13-7-15(32)30(5)20(13)34)39-8-14-17(33)24(4,36)22(41-14)31-10-26-16-18(31)27-23(25)28-19(16)38-6/h10-14,17,22,33,36H,7-9H2,1-6H3,(H,29,37)(H2,25,27,28)/t12-,13?,14-,17-,22?,24-,42-/m1/s1. The van der Waals surface area contributed by atoms with Crippen LogP contribution in [0.2, 0.25) is 0 Å². The van der Waals surface area contributed by atoms with Gasteiger partial charge >= 0.3 is 12.7 Å². The number of methoxy groups -OCH3 is 1. The highest BCUT2D eigenvalue weighted by molar-refractivity contribution is 8.56. The van der Waals surface area contributed by atoms with Crippen LogP contribution in [0.4, 0.5) is 5.95 Å². The number of nitrogens with one attached hydrogen (secondary N) is 1. The number of ether oxygens (including phenoxy) is 3. The van der Waals surface area contributed by atoms with Crippen molar-refractivity contribution in [1.82, 2.24) is 29.5 Å². The number of anilines is 1. The lowest BCUT2D eigenvalue weighted by atomic mass is 9.96. The summed E-state index contributed by atoms with van der Waals surface area (Å²) < 4.78 is 37.5. The van der Waals surface area contributed by atoms with Crippen LogP contribution in [0.1, 0.15) is 40.3 Å². The molecule has 2 saturated heterocycles. The number of likely N-dealkylation sites (tertiary alicyclic amines) is 1. The van der Waals surface area contributed by atoms with Crippen molar-refractivity contribution < 1.29 is 47.9 Å². The van der Waals surface area contributed by atoms with Crippen molar-refractivity contribution in [3.8, 4) is 5.88 Å². The number of imidazole rings is 1. The van der Waals surface area contributed by atoms with E-state index in [0.29, 0.717) is 0 Å². The Bertz CT molecular complexity index is 1440. The van der Waals surface area contributed by atoms with Crippen LogP contribution in [0.5, 0.6) is 5.88 Å². The zero-order valence-corrected chi connectivity index (χ0v) is 26.2. The number of amides is 2. The first-order valence-electron chi connectivity index (χ1n) is 13.4. The number of aromatic nitrogens is 4. The number of aliphatic hydroxyl groups is 2. The largest absolute Gasteiger partial charge is 0.479 e. The Morgan fingerprint density at radius 2 is 2.05 bits per heavy atom. The number of nitrogen functional groups attached to an aromatic ring is 1. The van der Waals surface area contributed by atoms with Gasteiger partial charge in [0.25, 0.3) is 0 Å². The van der Waals surface area contributed by atoms with E-state index < -0.39 is 67.3 Å². The first-order chi connectivity index (χ1) is 20.1. The summed E-state index contributed by atoms with van der Waals surface area (Å²) in [5, 5.41) is 24.9. The van der Waals surface area contributed by atoms with Gasteiger partial charge in [-0.25, -0.2) is 10.1 Å². The minimum absolute atomic E-state index is 0.0520. The fraction of sp³-hybridized carbons (Fsp3) is 0.667. The molecule has 4 rings (SSSR count). The van der Waals surface area contributed by atoms with Gasteiger partial charge in [-0.1, -0.05) is 11.4 Å². The fourth-order valence-corrected chi connectivity index (χ4v) is 8.67. The van der Waals surface area contributed by atoms with Crippen LogP contribution in [0.15, 0.2) is 6.33 Å². The third kappa shape index (κ3) is 6.79. The average molecular weight is 646 g/mol. The molecule has 0 aliphatic carbocycles. The lowest BCUT2D eigenvalue weighted by Crippen LogP contribution is -2.44. The Hall–Kier alpha value is -2.86. The molecule has 2 fully saturated rings. The predicted molar refractivity (Wildman–Crippen MR) is 153 cm³/mol. The molecule has 0 radical (unpaired) electrons. The molecule has 17 nitrogen and oxygen atoms in total. The van der Waals surface area contributed by atoms with Crippen LogP contribution in [0, 0.1) is 5.92 Å². The van der Waals surface area contributed by atoms with Crippen molar-refractivity contribution in [3.05, 3.63) is 6.33 Å². The zero-order valence-electron chi connectivity index (χ0n) is 24.5. The maximum Gasteiger partial charge on any atom is 0.327 e. The molecule has 0 saturated carbocycles. The second-order valence-corrected chi connectivity index (χ2v) is 15.0. The van der Waals surface area contributed by atoms with Gasteiger partial charge in [0.1, 0.15) is 23.9 Å². The van der Waals surface area contributed by atoms with E-state index in [4.69, 9.17) is 24.5 Å². The van der Waals surface area contributed by atoms with Gasteiger partial charge in [-0.3, -0.25) is 28.4 Å². The van der Waals surface area contributed by atoms with E-state index in [2.05, 4.69) is 20.0 Å². The summed E-state index contributed by atoms with van der Waals surface area (Å²) in [5.74, 6) is -2.27. The Kier molecular flexibility index (Phi) is 9.71. The fourth-order valence-electron chi connectivity index (χ4n) is 4.66. The molecule has 19 heteroatoms. The number of fused-ring (bicyclic) bond motifs is 1. The van der Waals surface area contributed by atoms with E-state index in [-0.39, 0.29) is 41.1 Å². The Morgan fingerprint density at radius 3 is 2.65 bits per heavy atom. The molecule has 43 heavy (non-hydrogen) atoms. The molecule has 0 bridgehead atoms. The first-order valence-corrected chi connectivity index (χ1v) is 16.6. The molecule has 2 aromatic heterocycles. The second kappa shape index (κ2) is 12.6. The number of imide groups is 1. The van der Waals surface area contributed by atoms with Gasteiger partial charge in [-0.05, 0) is 27.7 Å². The molecule has 2 unspecified atom stereocenters. The highest BCUT2D eigenvalue weighted by atomic mass is 32.7. The molecule has 0 spiro atoms. The average Bonchev–Trinajstić information content (AvgIpc) is 3.53. The van der Waals surface area contributed by atoms with E-state index >= 15 is 0 Å². The summed E-state index contributed by atoms with van der Waals surface area (Å²) in [6.45, 7) is 1.59. The van der Waals surface area contributed by atoms with Crippen LogP contribution in [0.3, 0.4) is 0 Å². The van der Waals surface area contributed by atoms with Crippen molar-refractivity contribution in [2.75, 3.05) is 32.3 Å². The maximum absolute atomic E-state index is 14.0. The number of nitrogens with two attached hydrogens (primary N) is 1. The third-order valence-corrected chi connectivity index (χ3v) is 11.2. The monoisotopic (exact) mass is 645 g/mol. The number of carbonyl (C=O) groups excluding carboxylic acids is 3. The number of nitrogens with zero attached hydrogens (tertiary/aromatic N) is 5. The van der Waals surface area contributed by atoms with E-state index in [9.17, 15) is 29.2 Å². The number of hydrogen-bond acceptors (Lipinski definition) is 15. The van der Waals surface area contributed by atoms with Crippen LogP contribution in [-0.2, 0) is 32.9 Å². The molecule has 2 aliphatic heterocycles. The smallest absolute Gasteiger partial charge is 0.327 e. The SMILES string of the molecule is COc1nc(N)nc2c1ncn2C1O[C@H](CO[P@](=O)(N[C@H](C)C(=O)OC(C)C)SCC2CC(=O)N(C)C2=O)[C@@H](O)[C@@]1(C)O. The minimum Gasteiger partial charge on any atom is -0.479 e. The van der Waals surface area contributed by atoms with Crippen LogP contribution >= 0.6 is 18.1 Å². The lowest BCUT2D eigenvalue weighted by molar-refractivity contribution is -0.149. The van der Waals surface area contributed by atoms with Crippen molar-refractivity contribution in [3.63, 3.8) is 0 Å². The Balaban J connectivity index is 1.53. The van der Waals surface area contributed by atoms with E-state index in [1.165, 1.54) is 38.9 Å². The van der Waals surface area contributed by atoms with Gasteiger partial charge in [0.05, 0.1) is 32.1 Å². The molecular weight excluding hydrogens is 609 g/mol. The van der Waals surface area contributed by atoms with Gasteiger partial charge < -0.3 is 34.7 Å². The van der Waals surface area contributed by atoms with Crippen molar-refractivity contribution in [2.24, 2.45) is 5.92 Å². The quantitative estimate of drug-likeness (QED) is 0.137. The molecule has 4 heterocycles. The maximum atomic E-state index is 14.0. The van der Waals surface area contributed by atoms with Crippen molar-refractivity contribution in [1.29, 1.82) is 0 Å². The second-order valence-electron chi connectivity index (χ2n) is 10.7. The predicted octanol–water partition coefficient (Wildman–Crippen LogP) is 0.219. The summed E-state index contributed by atoms with van der Waals surface area (Å²) in [7, 11) is 2.75. The highest BCUT2D eigenvalue weighted by Crippen LogP contribution is 2.58. The Labute approximate surface area is 251 Å². The zero-order chi connectivity index (χ0) is 31.9. The molecular formula is C24H36N7O10PS. The molecule has 2 amide bonds. The molecule has 0 aromatic carbocycles. The molecule has 238 valence electrons. The summed E-state index contributed by atoms with van der Waals surface area (Å²) >= 11 is 0.739. The van der Waals surface area contributed by atoms with Crippen LogP contribution in [-0.4, -0.2) is 109 Å². The molecule has 2 aromatic rings. The topological polar surface area (TPSA) is 231 Å². The molecule has 2 aliphatic rings. The van der Waals surface area contributed by atoms with Crippen molar-refractivity contribution in [2.45, 2.75) is 70.3 Å². The summed E-state index contributed by atoms with van der Waals surface area (Å²) in [5.41, 5.74) is 4.30. The van der Waals surface area contributed by atoms with Crippen molar-refractivity contribution >= 4 is 53.0 Å². The number of carbonyl (C=O) groups is 3. The van der Waals surface area contributed by atoms with Crippen LogP contribution in [0.25, 0.3) is 11.2 Å².